The minimum atomic E-state index is -0.200. The predicted octanol–water partition coefficient (Wildman–Crippen LogP) is 1.42. The number of carbonyl (C=O) groups is 1. The summed E-state index contributed by atoms with van der Waals surface area (Å²) in [7, 11) is 4.06. The summed E-state index contributed by atoms with van der Waals surface area (Å²) in [6, 6.07) is 0. The molecular weight excluding hydrogens is 180 g/mol. The quantitative estimate of drug-likeness (QED) is 0.653. The molecule has 84 valence electrons. The van der Waals surface area contributed by atoms with Gasteiger partial charge in [0.15, 0.2) is 0 Å². The van der Waals surface area contributed by atoms with Crippen molar-refractivity contribution in [2.45, 2.75) is 20.3 Å². The third kappa shape index (κ3) is 5.80. The molecule has 0 heterocycles. The van der Waals surface area contributed by atoms with Crippen molar-refractivity contribution in [1.29, 1.82) is 0 Å². The smallest absolute Gasteiger partial charge is 0.409 e. The summed E-state index contributed by atoms with van der Waals surface area (Å²) >= 11 is 0. The van der Waals surface area contributed by atoms with Crippen molar-refractivity contribution < 1.29 is 9.53 Å². The first-order valence-corrected chi connectivity index (χ1v) is 5.18. The normalized spacial score (nSPS) is 10.4. The number of carbonyl (C=O) groups excluding carboxylic acids is 1. The fraction of sp³-hybridized carbons (Fsp3) is 0.900. The number of rotatable bonds is 6. The molecule has 0 fully saturated rings. The first-order chi connectivity index (χ1) is 6.61. The highest BCUT2D eigenvalue weighted by Gasteiger charge is 2.11. The minimum absolute atomic E-state index is 0.200. The predicted molar refractivity (Wildman–Crippen MR) is 57.4 cm³/mol. The third-order valence-electron chi connectivity index (χ3n) is 1.94. The van der Waals surface area contributed by atoms with E-state index in [1.165, 1.54) is 0 Å². The second kappa shape index (κ2) is 7.62. The van der Waals surface area contributed by atoms with Crippen LogP contribution in [0.15, 0.2) is 0 Å². The first kappa shape index (κ1) is 13.2. The lowest BCUT2D eigenvalue weighted by Crippen LogP contribution is -2.33. The zero-order valence-corrected chi connectivity index (χ0v) is 9.75. The number of hydrogen-bond donors (Lipinski definition) is 0. The van der Waals surface area contributed by atoms with Crippen LogP contribution in [0.1, 0.15) is 20.3 Å². The Morgan fingerprint density at radius 1 is 1.21 bits per heavy atom. The molecule has 0 aromatic rings. The molecule has 0 saturated carbocycles. The molecule has 0 atom stereocenters. The molecule has 4 heteroatoms. The van der Waals surface area contributed by atoms with Gasteiger partial charge in [-0.25, -0.2) is 4.79 Å². The molecule has 0 aliphatic heterocycles. The average Bonchev–Trinajstić information content (AvgIpc) is 2.12. The summed E-state index contributed by atoms with van der Waals surface area (Å²) in [5.41, 5.74) is 0. The van der Waals surface area contributed by atoms with E-state index in [1.807, 2.05) is 27.9 Å². The molecule has 0 rings (SSSR count). The van der Waals surface area contributed by atoms with Crippen molar-refractivity contribution in [2.24, 2.45) is 0 Å². The van der Waals surface area contributed by atoms with E-state index in [0.29, 0.717) is 13.2 Å². The lowest BCUT2D eigenvalue weighted by molar-refractivity contribution is 0.108. The van der Waals surface area contributed by atoms with Gasteiger partial charge in [-0.1, -0.05) is 0 Å². The van der Waals surface area contributed by atoms with Crippen molar-refractivity contribution in [3.63, 3.8) is 0 Å². The molecule has 0 radical (unpaired) electrons. The van der Waals surface area contributed by atoms with Crippen molar-refractivity contribution in [1.82, 2.24) is 9.80 Å². The van der Waals surface area contributed by atoms with Gasteiger partial charge in [-0.3, -0.25) is 0 Å². The highest BCUT2D eigenvalue weighted by atomic mass is 16.6. The Balaban J connectivity index is 3.73. The zero-order chi connectivity index (χ0) is 11.0. The highest BCUT2D eigenvalue weighted by Crippen LogP contribution is 1.96. The Bertz CT molecular complexity index is 160. The van der Waals surface area contributed by atoms with Crippen LogP contribution in [-0.4, -0.2) is 56.2 Å². The van der Waals surface area contributed by atoms with Crippen LogP contribution in [0.3, 0.4) is 0 Å². The van der Waals surface area contributed by atoms with Crippen molar-refractivity contribution in [3.05, 3.63) is 0 Å². The maximum absolute atomic E-state index is 11.3. The van der Waals surface area contributed by atoms with Crippen LogP contribution < -0.4 is 0 Å². The molecule has 0 spiro atoms. The van der Waals surface area contributed by atoms with Crippen LogP contribution in [0.5, 0.6) is 0 Å². The summed E-state index contributed by atoms with van der Waals surface area (Å²) in [5, 5.41) is 0. The van der Waals surface area contributed by atoms with Gasteiger partial charge in [-0.05, 0) is 40.9 Å². The lowest BCUT2D eigenvalue weighted by atomic mass is 10.4. The third-order valence-corrected chi connectivity index (χ3v) is 1.94. The maximum atomic E-state index is 11.3. The van der Waals surface area contributed by atoms with Gasteiger partial charge in [0.25, 0.3) is 0 Å². The van der Waals surface area contributed by atoms with Crippen LogP contribution >= 0.6 is 0 Å². The SMILES string of the molecule is CCOC(=O)N(CC)CCCN(C)C. The van der Waals surface area contributed by atoms with E-state index in [0.717, 1.165) is 19.5 Å². The van der Waals surface area contributed by atoms with Gasteiger partial charge >= 0.3 is 6.09 Å². The second-order valence-electron chi connectivity index (χ2n) is 3.44. The van der Waals surface area contributed by atoms with E-state index in [9.17, 15) is 4.79 Å². The minimum Gasteiger partial charge on any atom is -0.450 e. The van der Waals surface area contributed by atoms with Crippen LogP contribution in [0.25, 0.3) is 0 Å². The highest BCUT2D eigenvalue weighted by molar-refractivity contribution is 5.67. The summed E-state index contributed by atoms with van der Waals surface area (Å²) in [5.74, 6) is 0. The molecular formula is C10H22N2O2. The Hall–Kier alpha value is -0.770. The van der Waals surface area contributed by atoms with Gasteiger partial charge in [0.05, 0.1) is 6.61 Å². The standard InChI is InChI=1S/C10H22N2O2/c1-5-12(10(13)14-6-2)9-7-8-11(3)4/h5-9H2,1-4H3. The fourth-order valence-corrected chi connectivity index (χ4v) is 1.17. The van der Waals surface area contributed by atoms with E-state index >= 15 is 0 Å². The van der Waals surface area contributed by atoms with Gasteiger partial charge < -0.3 is 14.5 Å². The van der Waals surface area contributed by atoms with Gasteiger partial charge in [0.1, 0.15) is 0 Å². The van der Waals surface area contributed by atoms with Gasteiger partial charge in [0.2, 0.25) is 0 Å². The Kier molecular flexibility index (Phi) is 7.20. The molecule has 0 N–H and O–H groups in total. The van der Waals surface area contributed by atoms with Crippen molar-refractivity contribution in [2.75, 3.05) is 40.3 Å². The Labute approximate surface area is 86.8 Å². The average molecular weight is 202 g/mol. The molecule has 0 aliphatic rings. The van der Waals surface area contributed by atoms with Gasteiger partial charge in [-0.2, -0.15) is 0 Å². The fourth-order valence-electron chi connectivity index (χ4n) is 1.17. The van der Waals surface area contributed by atoms with Crippen LogP contribution in [0.2, 0.25) is 0 Å². The van der Waals surface area contributed by atoms with Crippen molar-refractivity contribution in [3.8, 4) is 0 Å². The van der Waals surface area contributed by atoms with Gasteiger partial charge in [-0.15, -0.1) is 0 Å². The molecule has 0 bridgehead atoms. The number of hydrogen-bond acceptors (Lipinski definition) is 3. The first-order valence-electron chi connectivity index (χ1n) is 5.18. The topological polar surface area (TPSA) is 32.8 Å². The summed E-state index contributed by atoms with van der Waals surface area (Å²) in [6.45, 7) is 6.72. The summed E-state index contributed by atoms with van der Waals surface area (Å²) in [4.78, 5) is 15.2. The lowest BCUT2D eigenvalue weighted by Gasteiger charge is -2.20. The van der Waals surface area contributed by atoms with E-state index < -0.39 is 0 Å². The molecule has 0 unspecified atom stereocenters. The van der Waals surface area contributed by atoms with E-state index in [1.54, 1.807) is 4.90 Å². The van der Waals surface area contributed by atoms with Gasteiger partial charge in [0, 0.05) is 13.1 Å². The largest absolute Gasteiger partial charge is 0.450 e. The van der Waals surface area contributed by atoms with Crippen LogP contribution in [0, 0.1) is 0 Å². The number of amides is 1. The Morgan fingerprint density at radius 3 is 2.29 bits per heavy atom. The molecule has 0 saturated heterocycles. The van der Waals surface area contributed by atoms with E-state index in [4.69, 9.17) is 4.74 Å². The van der Waals surface area contributed by atoms with E-state index in [2.05, 4.69) is 4.90 Å². The molecule has 14 heavy (non-hydrogen) atoms. The maximum Gasteiger partial charge on any atom is 0.409 e. The number of nitrogens with zero attached hydrogens (tertiary/aromatic N) is 2. The second-order valence-corrected chi connectivity index (χ2v) is 3.44. The summed E-state index contributed by atoms with van der Waals surface area (Å²) in [6.07, 6.45) is 0.786. The molecule has 0 aromatic heterocycles. The summed E-state index contributed by atoms with van der Waals surface area (Å²) < 4.78 is 4.93. The van der Waals surface area contributed by atoms with E-state index in [-0.39, 0.29) is 6.09 Å². The van der Waals surface area contributed by atoms with Crippen molar-refractivity contribution >= 4 is 6.09 Å². The molecule has 1 amide bonds. The number of ether oxygens (including phenoxy) is 1. The molecule has 4 nitrogen and oxygen atoms in total. The molecule has 0 aliphatic carbocycles. The van der Waals surface area contributed by atoms with Crippen LogP contribution in [0.4, 0.5) is 4.79 Å². The molecule has 0 aromatic carbocycles. The van der Waals surface area contributed by atoms with Crippen LogP contribution in [-0.2, 0) is 4.74 Å². The zero-order valence-electron chi connectivity index (χ0n) is 9.75. The monoisotopic (exact) mass is 202 g/mol. The Morgan fingerprint density at radius 2 is 1.86 bits per heavy atom.